The number of hydrogen-bond acceptors (Lipinski definition) is 7. The van der Waals surface area contributed by atoms with Gasteiger partial charge in [-0.3, -0.25) is 14.6 Å². The molecule has 0 unspecified atom stereocenters. The van der Waals surface area contributed by atoms with Gasteiger partial charge >= 0.3 is 6.09 Å². The van der Waals surface area contributed by atoms with Gasteiger partial charge in [0.2, 0.25) is 5.91 Å². The lowest BCUT2D eigenvalue weighted by Gasteiger charge is -2.33. The van der Waals surface area contributed by atoms with Gasteiger partial charge in [-0.05, 0) is 6.07 Å². The third kappa shape index (κ3) is 5.36. The van der Waals surface area contributed by atoms with E-state index < -0.39 is 49.4 Å². The number of hydrogen-bond donors (Lipinski definition) is 2. The number of piperidine rings is 1. The lowest BCUT2D eigenvalue weighted by atomic mass is 10.1. The smallest absolute Gasteiger partial charge is 0.404 e. The van der Waals surface area contributed by atoms with E-state index in [0.717, 1.165) is 4.90 Å². The summed E-state index contributed by atoms with van der Waals surface area (Å²) in [4.78, 5) is 42.6. The standard InChI is InChI=1S/C19H22F2N6O4/c20-19(21)7-12(8-22)27(11-19)16(28)10-25-17(29)14-1-4-24-9-15(14)26-5-2-13(3-6-26)31-18(23)30/h1,4,9,12-13H,2-3,5-7,10-11H2,(H2,23,30)(H,25,29)/t12-/m0/s1. The number of aromatic nitrogens is 1. The summed E-state index contributed by atoms with van der Waals surface area (Å²) in [5.74, 6) is -4.44. The molecule has 12 heteroatoms. The highest BCUT2D eigenvalue weighted by Crippen LogP contribution is 2.31. The quantitative estimate of drug-likeness (QED) is 0.690. The number of primary amides is 1. The summed E-state index contributed by atoms with van der Waals surface area (Å²) in [7, 11) is 0. The van der Waals surface area contributed by atoms with Gasteiger partial charge in [0.1, 0.15) is 12.1 Å². The summed E-state index contributed by atoms with van der Waals surface area (Å²) in [6.45, 7) is -0.364. The molecule has 2 aliphatic heterocycles. The molecule has 1 atom stereocenters. The van der Waals surface area contributed by atoms with Gasteiger partial charge in [0.25, 0.3) is 11.8 Å². The number of halogens is 2. The number of carbonyl (C=O) groups excluding carboxylic acids is 3. The highest BCUT2D eigenvalue weighted by molar-refractivity contribution is 6.01. The number of nitrogens with one attached hydrogen (secondary N) is 1. The van der Waals surface area contributed by atoms with Crippen LogP contribution in [0.15, 0.2) is 18.5 Å². The fourth-order valence-corrected chi connectivity index (χ4v) is 3.76. The van der Waals surface area contributed by atoms with Crippen molar-refractivity contribution in [2.24, 2.45) is 5.73 Å². The first-order chi connectivity index (χ1) is 14.7. The van der Waals surface area contributed by atoms with Gasteiger partial charge in [0.05, 0.1) is 36.6 Å². The van der Waals surface area contributed by atoms with Crippen LogP contribution in [0.25, 0.3) is 0 Å². The van der Waals surface area contributed by atoms with Crippen molar-refractivity contribution in [3.63, 3.8) is 0 Å². The molecule has 3 N–H and O–H groups in total. The normalized spacial score (nSPS) is 20.7. The maximum atomic E-state index is 13.5. The summed E-state index contributed by atoms with van der Waals surface area (Å²) >= 11 is 0. The minimum Gasteiger partial charge on any atom is -0.446 e. The van der Waals surface area contributed by atoms with Crippen molar-refractivity contribution in [1.29, 1.82) is 5.26 Å². The molecule has 2 saturated heterocycles. The van der Waals surface area contributed by atoms with E-state index in [1.165, 1.54) is 18.5 Å². The number of likely N-dealkylation sites (tertiary alicyclic amines) is 1. The van der Waals surface area contributed by atoms with Crippen molar-refractivity contribution in [3.8, 4) is 6.07 Å². The summed E-state index contributed by atoms with van der Waals surface area (Å²) in [5.41, 5.74) is 5.84. The number of pyridine rings is 1. The molecule has 0 saturated carbocycles. The van der Waals surface area contributed by atoms with Crippen LogP contribution >= 0.6 is 0 Å². The van der Waals surface area contributed by atoms with Crippen LogP contribution < -0.4 is 16.0 Å². The van der Waals surface area contributed by atoms with Crippen molar-refractivity contribution >= 4 is 23.6 Å². The highest BCUT2D eigenvalue weighted by Gasteiger charge is 2.47. The molecule has 0 radical (unpaired) electrons. The fraction of sp³-hybridized carbons (Fsp3) is 0.526. The van der Waals surface area contributed by atoms with Gasteiger partial charge in [-0.1, -0.05) is 0 Å². The van der Waals surface area contributed by atoms with Crippen molar-refractivity contribution < 1.29 is 27.9 Å². The molecule has 166 valence electrons. The Hall–Kier alpha value is -3.49. The van der Waals surface area contributed by atoms with Gasteiger partial charge in [0, 0.05) is 38.5 Å². The number of nitrogens with zero attached hydrogens (tertiary/aromatic N) is 4. The number of nitriles is 1. The summed E-state index contributed by atoms with van der Waals surface area (Å²) in [5, 5.41) is 11.4. The second kappa shape index (κ2) is 9.11. The topological polar surface area (TPSA) is 142 Å². The zero-order valence-corrected chi connectivity index (χ0v) is 16.6. The maximum absolute atomic E-state index is 13.5. The molecule has 0 bridgehead atoms. The Bertz CT molecular complexity index is 898. The van der Waals surface area contributed by atoms with E-state index >= 15 is 0 Å². The second-order valence-corrected chi connectivity index (χ2v) is 7.43. The number of ether oxygens (including phenoxy) is 1. The Morgan fingerprint density at radius 1 is 1.35 bits per heavy atom. The van der Waals surface area contributed by atoms with Crippen LogP contribution in [0.4, 0.5) is 19.3 Å². The van der Waals surface area contributed by atoms with Crippen LogP contribution in [0, 0.1) is 11.3 Å². The van der Waals surface area contributed by atoms with Crippen molar-refractivity contribution in [2.75, 3.05) is 31.1 Å². The van der Waals surface area contributed by atoms with Crippen LogP contribution in [0.1, 0.15) is 29.6 Å². The molecule has 1 aromatic rings. The van der Waals surface area contributed by atoms with Crippen molar-refractivity contribution in [1.82, 2.24) is 15.2 Å². The Labute approximate surface area is 176 Å². The van der Waals surface area contributed by atoms with E-state index in [2.05, 4.69) is 10.3 Å². The van der Waals surface area contributed by atoms with E-state index in [4.69, 9.17) is 15.7 Å². The lowest BCUT2D eigenvalue weighted by Crippen LogP contribution is -2.43. The second-order valence-electron chi connectivity index (χ2n) is 7.43. The van der Waals surface area contributed by atoms with Gasteiger partial charge in [-0.15, -0.1) is 0 Å². The Morgan fingerprint density at radius 3 is 2.71 bits per heavy atom. The van der Waals surface area contributed by atoms with Crippen LogP contribution in [0.3, 0.4) is 0 Å². The first kappa shape index (κ1) is 22.2. The number of rotatable bonds is 5. The molecule has 31 heavy (non-hydrogen) atoms. The Balaban J connectivity index is 1.61. The first-order valence-electron chi connectivity index (χ1n) is 9.70. The average Bonchev–Trinajstić information content (AvgIpc) is 3.06. The zero-order valence-electron chi connectivity index (χ0n) is 16.6. The lowest BCUT2D eigenvalue weighted by molar-refractivity contribution is -0.131. The molecular weight excluding hydrogens is 414 g/mol. The highest BCUT2D eigenvalue weighted by atomic mass is 19.3. The minimum atomic E-state index is -3.12. The van der Waals surface area contributed by atoms with E-state index in [1.807, 2.05) is 4.90 Å². The summed E-state index contributed by atoms with van der Waals surface area (Å²) in [6, 6.07) is 1.96. The summed E-state index contributed by atoms with van der Waals surface area (Å²) < 4.78 is 32.1. The van der Waals surface area contributed by atoms with Crippen LogP contribution in [-0.2, 0) is 9.53 Å². The molecule has 0 aromatic carbocycles. The third-order valence-electron chi connectivity index (χ3n) is 5.25. The molecule has 1 aromatic heterocycles. The minimum absolute atomic E-state index is 0.264. The van der Waals surface area contributed by atoms with Gasteiger partial charge in [0.15, 0.2) is 0 Å². The first-order valence-corrected chi connectivity index (χ1v) is 9.70. The van der Waals surface area contributed by atoms with Crippen LogP contribution in [0.2, 0.25) is 0 Å². The predicted octanol–water partition coefficient (Wildman–Crippen LogP) is 0.635. The van der Waals surface area contributed by atoms with Crippen LogP contribution in [0.5, 0.6) is 0 Å². The van der Waals surface area contributed by atoms with E-state index in [-0.39, 0.29) is 11.7 Å². The van der Waals surface area contributed by atoms with Gasteiger partial charge in [-0.2, -0.15) is 5.26 Å². The van der Waals surface area contributed by atoms with E-state index in [9.17, 15) is 23.2 Å². The molecule has 10 nitrogen and oxygen atoms in total. The number of nitrogens with two attached hydrogens (primary N) is 1. The van der Waals surface area contributed by atoms with Gasteiger partial charge < -0.3 is 25.6 Å². The molecule has 2 aliphatic rings. The molecule has 3 amide bonds. The Morgan fingerprint density at radius 2 is 2.06 bits per heavy atom. The largest absolute Gasteiger partial charge is 0.446 e. The Kier molecular flexibility index (Phi) is 6.53. The molecule has 3 heterocycles. The third-order valence-corrected chi connectivity index (χ3v) is 5.25. The maximum Gasteiger partial charge on any atom is 0.404 e. The van der Waals surface area contributed by atoms with Gasteiger partial charge in [-0.25, -0.2) is 13.6 Å². The van der Waals surface area contributed by atoms with Crippen LogP contribution in [-0.4, -0.2) is 72.0 Å². The summed E-state index contributed by atoms with van der Waals surface area (Å²) in [6.07, 6.45) is 2.14. The number of alkyl halides is 2. The van der Waals surface area contributed by atoms with E-state index in [0.29, 0.717) is 31.6 Å². The number of anilines is 1. The molecular formula is C19H22F2N6O4. The zero-order chi connectivity index (χ0) is 22.6. The molecule has 2 fully saturated rings. The molecule has 0 spiro atoms. The van der Waals surface area contributed by atoms with Crippen molar-refractivity contribution in [2.45, 2.75) is 37.3 Å². The molecule has 3 rings (SSSR count). The van der Waals surface area contributed by atoms with E-state index in [1.54, 1.807) is 6.07 Å². The average molecular weight is 436 g/mol. The SMILES string of the molecule is N#C[C@@H]1CC(F)(F)CN1C(=O)CNC(=O)c1ccncc1N1CCC(OC(N)=O)CC1. The monoisotopic (exact) mass is 436 g/mol. The fourth-order valence-electron chi connectivity index (χ4n) is 3.76. The molecule has 0 aliphatic carbocycles. The van der Waals surface area contributed by atoms with Crippen molar-refractivity contribution in [3.05, 3.63) is 24.0 Å². The number of carbonyl (C=O) groups is 3. The predicted molar refractivity (Wildman–Crippen MR) is 103 cm³/mol. The number of amides is 3.